The van der Waals surface area contributed by atoms with Gasteiger partial charge in [0.2, 0.25) is 0 Å². The molecule has 0 bridgehead atoms. The molecule has 2 heterocycles. The van der Waals surface area contributed by atoms with E-state index in [0.29, 0.717) is 43.6 Å². The Morgan fingerprint density at radius 1 is 0.909 bits per heavy atom. The van der Waals surface area contributed by atoms with Crippen molar-refractivity contribution in [3.8, 4) is 11.3 Å². The average molecular weight is 456 g/mol. The number of fused-ring (bicyclic) bond motifs is 2. The van der Waals surface area contributed by atoms with E-state index in [1.54, 1.807) is 43.3 Å². The molecule has 0 spiro atoms. The molecule has 5 rings (SSSR count). The number of halogens is 1. The fraction of sp³-hybridized carbons (Fsp3) is 0.0769. The summed E-state index contributed by atoms with van der Waals surface area (Å²) in [5, 5.41) is 1.67. The predicted octanol–water partition coefficient (Wildman–Crippen LogP) is 5.71. The summed E-state index contributed by atoms with van der Waals surface area (Å²) in [6.45, 7) is 1.67. The molecule has 7 heteroatoms. The van der Waals surface area contributed by atoms with E-state index < -0.39 is 12.1 Å². The van der Waals surface area contributed by atoms with Crippen LogP contribution in [-0.2, 0) is 4.74 Å². The van der Waals surface area contributed by atoms with Gasteiger partial charge in [-0.15, -0.1) is 0 Å². The van der Waals surface area contributed by atoms with E-state index in [-0.39, 0.29) is 11.4 Å². The fourth-order valence-electron chi connectivity index (χ4n) is 3.73. The lowest BCUT2D eigenvalue weighted by atomic mass is 10.0. The van der Waals surface area contributed by atoms with Crippen LogP contribution in [0.3, 0.4) is 0 Å². The Hall–Kier alpha value is -4.03. The summed E-state index contributed by atoms with van der Waals surface area (Å²) in [6, 6.07) is 23.3. The van der Waals surface area contributed by atoms with Crippen molar-refractivity contribution in [3.63, 3.8) is 0 Å². The van der Waals surface area contributed by atoms with E-state index in [2.05, 4.69) is 15.0 Å². The number of benzene rings is 3. The second-order valence-electron chi connectivity index (χ2n) is 7.57. The van der Waals surface area contributed by atoms with Crippen LogP contribution in [0.2, 0.25) is 5.02 Å². The largest absolute Gasteiger partial charge is 0.451 e. The topological polar surface area (TPSA) is 84.9 Å². The number of para-hydroxylation sites is 2. The summed E-state index contributed by atoms with van der Waals surface area (Å²) >= 11 is 6.37. The number of pyridine rings is 1. The highest BCUT2D eigenvalue weighted by atomic mass is 35.5. The third-order valence-electron chi connectivity index (χ3n) is 5.39. The number of rotatable bonds is 4. The molecule has 0 fully saturated rings. The number of H-pyrrole nitrogens is 1. The van der Waals surface area contributed by atoms with Crippen molar-refractivity contribution < 1.29 is 9.53 Å². The normalized spacial score (nSPS) is 12.1. The highest BCUT2D eigenvalue weighted by molar-refractivity contribution is 6.33. The lowest BCUT2D eigenvalue weighted by Crippen LogP contribution is -2.17. The standard InChI is InChI=1S/C26H18ClN3O3/c1-15(24-29-22-13-7-4-10-18(22)25(31)30-24)33-26(32)19-14-23(17-9-2-5-11-20(17)27)28-21-12-6-3-8-16(19)21/h2-15H,1H3,(H,29,30,31). The van der Waals surface area contributed by atoms with Gasteiger partial charge in [0.1, 0.15) is 0 Å². The minimum absolute atomic E-state index is 0.275. The number of aromatic nitrogens is 3. The summed E-state index contributed by atoms with van der Waals surface area (Å²) in [4.78, 5) is 37.5. The van der Waals surface area contributed by atoms with Gasteiger partial charge in [0.05, 0.1) is 27.7 Å². The third-order valence-corrected chi connectivity index (χ3v) is 5.72. The molecule has 0 radical (unpaired) electrons. The van der Waals surface area contributed by atoms with Crippen molar-refractivity contribution in [2.24, 2.45) is 0 Å². The molecule has 0 aliphatic carbocycles. The lowest BCUT2D eigenvalue weighted by molar-refractivity contribution is 0.0322. The second kappa shape index (κ2) is 8.48. The fourth-order valence-corrected chi connectivity index (χ4v) is 3.96. The molecule has 1 atom stereocenters. The van der Waals surface area contributed by atoms with Crippen molar-refractivity contribution in [1.82, 2.24) is 15.0 Å². The molecule has 33 heavy (non-hydrogen) atoms. The molecule has 0 amide bonds. The van der Waals surface area contributed by atoms with E-state index in [9.17, 15) is 9.59 Å². The van der Waals surface area contributed by atoms with Gasteiger partial charge in [0.15, 0.2) is 11.9 Å². The van der Waals surface area contributed by atoms with Gasteiger partial charge in [-0.05, 0) is 37.3 Å². The first-order chi connectivity index (χ1) is 16.0. The summed E-state index contributed by atoms with van der Waals surface area (Å²) < 4.78 is 5.72. The van der Waals surface area contributed by atoms with Crippen LogP contribution in [-0.4, -0.2) is 20.9 Å². The van der Waals surface area contributed by atoms with E-state index >= 15 is 0 Å². The minimum atomic E-state index is -0.773. The molecule has 3 aromatic carbocycles. The van der Waals surface area contributed by atoms with E-state index in [1.165, 1.54) is 0 Å². The Morgan fingerprint density at radius 2 is 1.55 bits per heavy atom. The van der Waals surface area contributed by atoms with E-state index in [4.69, 9.17) is 16.3 Å². The van der Waals surface area contributed by atoms with Gasteiger partial charge in [-0.2, -0.15) is 0 Å². The van der Waals surface area contributed by atoms with Crippen molar-refractivity contribution in [2.45, 2.75) is 13.0 Å². The van der Waals surface area contributed by atoms with Gasteiger partial charge >= 0.3 is 5.97 Å². The number of hydrogen-bond donors (Lipinski definition) is 1. The van der Waals surface area contributed by atoms with E-state index in [1.807, 2.05) is 42.5 Å². The summed E-state index contributed by atoms with van der Waals surface area (Å²) in [5.74, 6) is -0.276. The number of nitrogens with zero attached hydrogens (tertiary/aromatic N) is 2. The third kappa shape index (κ3) is 3.97. The number of carbonyl (C=O) groups excluding carboxylic acids is 1. The summed E-state index contributed by atoms with van der Waals surface area (Å²) in [7, 11) is 0. The zero-order chi connectivity index (χ0) is 22.9. The molecular weight excluding hydrogens is 438 g/mol. The van der Waals surface area contributed by atoms with Crippen LogP contribution in [0.4, 0.5) is 0 Å². The minimum Gasteiger partial charge on any atom is -0.451 e. The molecule has 0 saturated heterocycles. The molecule has 0 aliphatic rings. The zero-order valence-corrected chi connectivity index (χ0v) is 18.3. The number of aromatic amines is 1. The summed E-state index contributed by atoms with van der Waals surface area (Å²) in [6.07, 6.45) is -0.773. The number of nitrogens with one attached hydrogen (secondary N) is 1. The molecule has 6 nitrogen and oxygen atoms in total. The molecule has 162 valence electrons. The molecule has 0 saturated carbocycles. The van der Waals surface area contributed by atoms with Crippen LogP contribution in [0.25, 0.3) is 33.1 Å². The second-order valence-corrected chi connectivity index (χ2v) is 7.98. The molecule has 1 N–H and O–H groups in total. The van der Waals surface area contributed by atoms with Crippen LogP contribution >= 0.6 is 11.6 Å². The maximum atomic E-state index is 13.3. The SMILES string of the molecule is CC(OC(=O)c1cc(-c2ccccc2Cl)nc2ccccc12)c1nc2ccccc2c(=O)[nH]1. The van der Waals surface area contributed by atoms with Crippen LogP contribution in [0.5, 0.6) is 0 Å². The van der Waals surface area contributed by atoms with Gasteiger partial charge in [0.25, 0.3) is 5.56 Å². The van der Waals surface area contributed by atoms with E-state index in [0.717, 1.165) is 0 Å². The van der Waals surface area contributed by atoms with Gasteiger partial charge < -0.3 is 9.72 Å². The number of carbonyl (C=O) groups is 1. The first kappa shape index (κ1) is 20.8. The van der Waals surface area contributed by atoms with Crippen molar-refractivity contribution >= 4 is 39.4 Å². The Labute approximate surface area is 193 Å². The maximum absolute atomic E-state index is 13.3. The Balaban J connectivity index is 1.54. The summed E-state index contributed by atoms with van der Waals surface area (Å²) in [5.41, 5.74) is 2.53. The Bertz CT molecular complexity index is 1580. The highest BCUT2D eigenvalue weighted by Gasteiger charge is 2.20. The lowest BCUT2D eigenvalue weighted by Gasteiger charge is -2.15. The smallest absolute Gasteiger partial charge is 0.339 e. The molecule has 1 unspecified atom stereocenters. The molecule has 5 aromatic rings. The molecule has 2 aromatic heterocycles. The van der Waals surface area contributed by atoms with Gasteiger partial charge in [-0.3, -0.25) is 4.79 Å². The number of hydrogen-bond acceptors (Lipinski definition) is 5. The van der Waals surface area contributed by atoms with Crippen LogP contribution < -0.4 is 5.56 Å². The first-order valence-electron chi connectivity index (χ1n) is 10.4. The van der Waals surface area contributed by atoms with Crippen LogP contribution in [0, 0.1) is 0 Å². The number of ether oxygens (including phenoxy) is 1. The van der Waals surface area contributed by atoms with Crippen LogP contribution in [0.1, 0.15) is 29.2 Å². The Kier molecular flexibility index (Phi) is 5.36. The van der Waals surface area contributed by atoms with Gasteiger partial charge in [-0.1, -0.05) is 60.1 Å². The highest BCUT2D eigenvalue weighted by Crippen LogP contribution is 2.30. The quantitative estimate of drug-likeness (QED) is 0.351. The van der Waals surface area contributed by atoms with Crippen LogP contribution in [0.15, 0.2) is 83.7 Å². The number of esters is 1. The van der Waals surface area contributed by atoms with Crippen molar-refractivity contribution in [2.75, 3.05) is 0 Å². The molecule has 0 aliphatic heterocycles. The maximum Gasteiger partial charge on any atom is 0.339 e. The molecular formula is C26H18ClN3O3. The van der Waals surface area contributed by atoms with Crippen molar-refractivity contribution in [1.29, 1.82) is 0 Å². The van der Waals surface area contributed by atoms with Crippen molar-refractivity contribution in [3.05, 3.63) is 106 Å². The predicted molar refractivity (Wildman–Crippen MR) is 128 cm³/mol. The monoisotopic (exact) mass is 455 g/mol. The Morgan fingerprint density at radius 3 is 2.30 bits per heavy atom. The van der Waals surface area contributed by atoms with Gasteiger partial charge in [-0.25, -0.2) is 14.8 Å². The zero-order valence-electron chi connectivity index (χ0n) is 17.6. The first-order valence-corrected chi connectivity index (χ1v) is 10.7. The average Bonchev–Trinajstić information content (AvgIpc) is 2.83. The van der Waals surface area contributed by atoms with Gasteiger partial charge in [0, 0.05) is 16.0 Å².